The van der Waals surface area contributed by atoms with E-state index >= 15 is 0 Å². The number of hydrogen-bond acceptors (Lipinski definition) is 4. The average molecular weight is 252 g/mol. The third kappa shape index (κ3) is 2.81. The molecule has 100 valence electrons. The first kappa shape index (κ1) is 12.9. The van der Waals surface area contributed by atoms with Crippen LogP contribution in [0.15, 0.2) is 6.20 Å². The molecule has 3 N–H and O–H groups in total. The van der Waals surface area contributed by atoms with Crippen molar-refractivity contribution in [3.05, 3.63) is 11.9 Å². The lowest BCUT2D eigenvalue weighted by Gasteiger charge is -2.22. The Morgan fingerprint density at radius 1 is 1.72 bits per heavy atom. The molecule has 2 heterocycles. The summed E-state index contributed by atoms with van der Waals surface area (Å²) in [5.74, 6) is 0.249. The number of nitrogens with zero attached hydrogens (tertiary/aromatic N) is 2. The normalized spacial score (nSPS) is 19.7. The van der Waals surface area contributed by atoms with Gasteiger partial charge in [-0.15, -0.1) is 0 Å². The van der Waals surface area contributed by atoms with Crippen LogP contribution < -0.4 is 11.1 Å². The van der Waals surface area contributed by atoms with Crippen LogP contribution in [0.1, 0.15) is 30.3 Å². The molecule has 1 aliphatic rings. The minimum absolute atomic E-state index is 0.155. The van der Waals surface area contributed by atoms with Crippen molar-refractivity contribution in [2.24, 2.45) is 5.92 Å². The van der Waals surface area contributed by atoms with E-state index in [0.29, 0.717) is 30.4 Å². The number of rotatable bonds is 4. The molecule has 0 saturated carbocycles. The molecule has 0 aliphatic carbocycles. The second kappa shape index (κ2) is 5.86. The molecule has 0 spiro atoms. The fourth-order valence-corrected chi connectivity index (χ4v) is 2.18. The number of carbonyl (C=O) groups excluding carboxylic acids is 1. The van der Waals surface area contributed by atoms with Crippen molar-refractivity contribution in [1.29, 1.82) is 0 Å². The first-order chi connectivity index (χ1) is 8.72. The molecular formula is C12H20N4O2. The highest BCUT2D eigenvalue weighted by molar-refractivity contribution is 5.97. The Labute approximate surface area is 106 Å². The predicted molar refractivity (Wildman–Crippen MR) is 68.2 cm³/mol. The highest BCUT2D eigenvalue weighted by atomic mass is 16.5. The van der Waals surface area contributed by atoms with Crippen LogP contribution in [0, 0.1) is 5.92 Å². The Morgan fingerprint density at radius 3 is 3.22 bits per heavy atom. The van der Waals surface area contributed by atoms with Crippen LogP contribution >= 0.6 is 0 Å². The third-order valence-electron chi connectivity index (χ3n) is 3.19. The highest BCUT2D eigenvalue weighted by Crippen LogP contribution is 2.14. The Bertz CT molecular complexity index is 410. The summed E-state index contributed by atoms with van der Waals surface area (Å²) in [6.45, 7) is 4.75. The van der Waals surface area contributed by atoms with Crippen LogP contribution in [-0.2, 0) is 11.3 Å². The summed E-state index contributed by atoms with van der Waals surface area (Å²) in [5, 5.41) is 6.97. The zero-order chi connectivity index (χ0) is 13.0. The largest absolute Gasteiger partial charge is 0.396 e. The molecule has 1 atom stereocenters. The van der Waals surface area contributed by atoms with Crippen molar-refractivity contribution in [3.63, 3.8) is 0 Å². The van der Waals surface area contributed by atoms with E-state index in [0.717, 1.165) is 26.1 Å². The van der Waals surface area contributed by atoms with Crippen molar-refractivity contribution >= 4 is 11.6 Å². The Kier molecular flexibility index (Phi) is 4.19. The molecule has 1 aliphatic heterocycles. The summed E-state index contributed by atoms with van der Waals surface area (Å²) in [6, 6.07) is 0. The van der Waals surface area contributed by atoms with E-state index in [4.69, 9.17) is 10.5 Å². The van der Waals surface area contributed by atoms with Crippen LogP contribution in [0.3, 0.4) is 0 Å². The van der Waals surface area contributed by atoms with Gasteiger partial charge in [0.15, 0.2) is 0 Å². The van der Waals surface area contributed by atoms with Gasteiger partial charge >= 0.3 is 0 Å². The van der Waals surface area contributed by atoms with E-state index in [-0.39, 0.29) is 5.91 Å². The number of hydrogen-bond donors (Lipinski definition) is 2. The minimum atomic E-state index is -0.155. The highest BCUT2D eigenvalue weighted by Gasteiger charge is 2.19. The average Bonchev–Trinajstić information content (AvgIpc) is 2.78. The maximum Gasteiger partial charge on any atom is 0.271 e. The number of aromatic nitrogens is 2. The van der Waals surface area contributed by atoms with E-state index in [2.05, 4.69) is 10.4 Å². The van der Waals surface area contributed by atoms with Gasteiger partial charge in [0.25, 0.3) is 5.91 Å². The number of anilines is 1. The number of nitrogens with one attached hydrogen (secondary N) is 1. The van der Waals surface area contributed by atoms with Gasteiger partial charge in [0.05, 0.1) is 18.5 Å². The van der Waals surface area contributed by atoms with E-state index < -0.39 is 0 Å². The van der Waals surface area contributed by atoms with Gasteiger partial charge in [0.1, 0.15) is 5.69 Å². The van der Waals surface area contributed by atoms with E-state index in [9.17, 15) is 4.79 Å². The topological polar surface area (TPSA) is 82.2 Å². The summed E-state index contributed by atoms with van der Waals surface area (Å²) in [4.78, 5) is 12.1. The molecule has 6 nitrogen and oxygen atoms in total. The zero-order valence-electron chi connectivity index (χ0n) is 10.7. The molecule has 1 aromatic heterocycles. The lowest BCUT2D eigenvalue weighted by atomic mass is 10.0. The summed E-state index contributed by atoms with van der Waals surface area (Å²) < 4.78 is 6.99. The monoisotopic (exact) mass is 252 g/mol. The maximum absolute atomic E-state index is 12.1. The fraction of sp³-hybridized carbons (Fsp3) is 0.667. The molecule has 1 aromatic rings. The number of amides is 1. The number of aryl methyl sites for hydroxylation is 1. The lowest BCUT2D eigenvalue weighted by molar-refractivity contribution is 0.0535. The summed E-state index contributed by atoms with van der Waals surface area (Å²) in [6.07, 6.45) is 3.68. The Morgan fingerprint density at radius 2 is 2.56 bits per heavy atom. The molecule has 0 radical (unpaired) electrons. The van der Waals surface area contributed by atoms with Gasteiger partial charge in [-0.25, -0.2) is 0 Å². The smallest absolute Gasteiger partial charge is 0.271 e. The van der Waals surface area contributed by atoms with E-state index in [1.165, 1.54) is 6.20 Å². The van der Waals surface area contributed by atoms with Crippen LogP contribution in [0.25, 0.3) is 0 Å². The molecule has 0 bridgehead atoms. The fourth-order valence-electron chi connectivity index (χ4n) is 2.18. The van der Waals surface area contributed by atoms with Crippen LogP contribution in [0.4, 0.5) is 5.69 Å². The Balaban J connectivity index is 1.92. The molecule has 1 amide bonds. The molecular weight excluding hydrogens is 232 g/mol. The van der Waals surface area contributed by atoms with E-state index in [1.807, 2.05) is 6.92 Å². The molecule has 18 heavy (non-hydrogen) atoms. The maximum atomic E-state index is 12.1. The van der Waals surface area contributed by atoms with Gasteiger partial charge in [-0.2, -0.15) is 5.10 Å². The molecule has 6 heteroatoms. The van der Waals surface area contributed by atoms with E-state index in [1.54, 1.807) is 4.68 Å². The quantitative estimate of drug-likeness (QED) is 0.824. The molecule has 1 saturated heterocycles. The molecule has 1 fully saturated rings. The predicted octanol–water partition coefficient (Wildman–Crippen LogP) is 0.642. The first-order valence-corrected chi connectivity index (χ1v) is 6.39. The number of carbonyl (C=O) groups is 1. The van der Waals surface area contributed by atoms with Crippen molar-refractivity contribution in [2.45, 2.75) is 26.3 Å². The van der Waals surface area contributed by atoms with Crippen molar-refractivity contribution in [1.82, 2.24) is 15.1 Å². The van der Waals surface area contributed by atoms with Gasteiger partial charge in [0.2, 0.25) is 0 Å². The van der Waals surface area contributed by atoms with Gasteiger partial charge in [-0.1, -0.05) is 0 Å². The molecule has 2 rings (SSSR count). The summed E-state index contributed by atoms with van der Waals surface area (Å²) in [7, 11) is 0. The number of nitrogens with two attached hydrogens (primary N) is 1. The first-order valence-electron chi connectivity index (χ1n) is 6.39. The number of ether oxygens (including phenoxy) is 1. The third-order valence-corrected chi connectivity index (χ3v) is 3.19. The van der Waals surface area contributed by atoms with Crippen molar-refractivity contribution in [2.75, 3.05) is 25.5 Å². The summed E-state index contributed by atoms with van der Waals surface area (Å²) >= 11 is 0. The van der Waals surface area contributed by atoms with Crippen molar-refractivity contribution < 1.29 is 9.53 Å². The van der Waals surface area contributed by atoms with Gasteiger partial charge in [-0.05, 0) is 25.7 Å². The minimum Gasteiger partial charge on any atom is -0.396 e. The number of nitrogen functional groups attached to an aromatic ring is 1. The SMILES string of the molecule is CCn1ncc(N)c1C(=O)NCC1CCCOC1. The molecule has 0 aromatic carbocycles. The second-order valence-corrected chi connectivity index (χ2v) is 4.56. The molecule has 1 unspecified atom stereocenters. The van der Waals surface area contributed by atoms with Gasteiger partial charge < -0.3 is 15.8 Å². The standard InChI is InChI=1S/C12H20N4O2/c1-2-16-11(10(13)7-15-16)12(17)14-6-9-4-3-5-18-8-9/h7,9H,2-6,8,13H2,1H3,(H,14,17). The van der Waals surface area contributed by atoms with Gasteiger partial charge in [0, 0.05) is 19.7 Å². The Hall–Kier alpha value is -1.56. The van der Waals surface area contributed by atoms with Crippen LogP contribution in [-0.4, -0.2) is 35.4 Å². The second-order valence-electron chi connectivity index (χ2n) is 4.56. The van der Waals surface area contributed by atoms with Crippen LogP contribution in [0.5, 0.6) is 0 Å². The van der Waals surface area contributed by atoms with Crippen LogP contribution in [0.2, 0.25) is 0 Å². The van der Waals surface area contributed by atoms with Gasteiger partial charge in [-0.3, -0.25) is 9.48 Å². The zero-order valence-corrected chi connectivity index (χ0v) is 10.7. The lowest BCUT2D eigenvalue weighted by Crippen LogP contribution is -2.34. The van der Waals surface area contributed by atoms with Crippen molar-refractivity contribution in [3.8, 4) is 0 Å². The summed E-state index contributed by atoms with van der Waals surface area (Å²) in [5.41, 5.74) is 6.64.